The van der Waals surface area contributed by atoms with Gasteiger partial charge in [0.15, 0.2) is 0 Å². The Morgan fingerprint density at radius 1 is 1.53 bits per heavy atom. The fourth-order valence-corrected chi connectivity index (χ4v) is 2.02. The van der Waals surface area contributed by atoms with Crippen molar-refractivity contribution in [3.05, 3.63) is 24.0 Å². The maximum Gasteiger partial charge on any atom is 0.267 e. The van der Waals surface area contributed by atoms with Crippen LogP contribution in [0.5, 0.6) is 0 Å². The van der Waals surface area contributed by atoms with Gasteiger partial charge in [0.05, 0.1) is 0 Å². The van der Waals surface area contributed by atoms with E-state index in [1.165, 1.54) is 0 Å². The molecule has 0 atom stereocenters. The van der Waals surface area contributed by atoms with Gasteiger partial charge >= 0.3 is 0 Å². The molecule has 92 valence electrons. The lowest BCUT2D eigenvalue weighted by atomic mass is 10.0. The molecular formula is C12H17N3O2. The summed E-state index contributed by atoms with van der Waals surface area (Å²) in [4.78, 5) is 22.7. The van der Waals surface area contributed by atoms with Crippen molar-refractivity contribution in [2.24, 2.45) is 18.2 Å². The number of aromatic nitrogens is 1. The standard InChI is InChI=1S/C12H17N3O2/c1-15-6-2-3-9(15)11(17)14-8-12(4-5-12)7-10(13)16/h2-3,6H,4-5,7-8H2,1H3,(H2,13,16)(H,14,17). The maximum absolute atomic E-state index is 11.8. The Kier molecular flexibility index (Phi) is 2.92. The fourth-order valence-electron chi connectivity index (χ4n) is 2.02. The van der Waals surface area contributed by atoms with Gasteiger partial charge in [-0.15, -0.1) is 0 Å². The third-order valence-corrected chi connectivity index (χ3v) is 3.31. The largest absolute Gasteiger partial charge is 0.370 e. The Balaban J connectivity index is 1.89. The topological polar surface area (TPSA) is 77.1 Å². The lowest BCUT2D eigenvalue weighted by Crippen LogP contribution is -2.33. The first kappa shape index (κ1) is 11.7. The van der Waals surface area contributed by atoms with Crippen LogP contribution in [0.15, 0.2) is 18.3 Å². The Bertz CT molecular complexity index is 446. The number of nitrogens with two attached hydrogens (primary N) is 1. The highest BCUT2D eigenvalue weighted by Gasteiger charge is 2.43. The molecule has 0 aliphatic heterocycles. The molecule has 17 heavy (non-hydrogen) atoms. The zero-order valence-corrected chi connectivity index (χ0v) is 9.90. The van der Waals surface area contributed by atoms with Crippen LogP contribution in [0, 0.1) is 5.41 Å². The molecule has 0 unspecified atom stereocenters. The minimum Gasteiger partial charge on any atom is -0.370 e. The average Bonchev–Trinajstić information content (AvgIpc) is 2.87. The molecule has 1 aliphatic rings. The SMILES string of the molecule is Cn1cccc1C(=O)NCC1(CC(N)=O)CC1. The molecule has 1 heterocycles. The number of aryl methyl sites for hydroxylation is 1. The van der Waals surface area contributed by atoms with E-state index < -0.39 is 0 Å². The second-order valence-electron chi connectivity index (χ2n) is 4.83. The highest BCUT2D eigenvalue weighted by molar-refractivity contribution is 5.92. The van der Waals surface area contributed by atoms with E-state index in [1.54, 1.807) is 10.6 Å². The number of carbonyl (C=O) groups excluding carboxylic acids is 2. The van der Waals surface area contributed by atoms with Crippen LogP contribution in [0.25, 0.3) is 0 Å². The van der Waals surface area contributed by atoms with Gasteiger partial charge in [0.1, 0.15) is 5.69 Å². The van der Waals surface area contributed by atoms with Gasteiger partial charge in [-0.1, -0.05) is 0 Å². The van der Waals surface area contributed by atoms with Crippen molar-refractivity contribution >= 4 is 11.8 Å². The van der Waals surface area contributed by atoms with Crippen LogP contribution < -0.4 is 11.1 Å². The van der Waals surface area contributed by atoms with Gasteiger partial charge in [-0.3, -0.25) is 9.59 Å². The molecule has 0 aromatic carbocycles. The summed E-state index contributed by atoms with van der Waals surface area (Å²) in [6, 6.07) is 3.59. The molecule has 1 aromatic rings. The van der Waals surface area contributed by atoms with E-state index >= 15 is 0 Å². The molecule has 0 spiro atoms. The summed E-state index contributed by atoms with van der Waals surface area (Å²) in [5.41, 5.74) is 5.74. The predicted octanol–water partition coefficient (Wildman–Crippen LogP) is 0.410. The summed E-state index contributed by atoms with van der Waals surface area (Å²) < 4.78 is 1.77. The fraction of sp³-hybridized carbons (Fsp3) is 0.500. The van der Waals surface area contributed by atoms with Gasteiger partial charge in [0.2, 0.25) is 5.91 Å². The second kappa shape index (κ2) is 4.24. The highest BCUT2D eigenvalue weighted by atomic mass is 16.2. The van der Waals surface area contributed by atoms with E-state index in [9.17, 15) is 9.59 Å². The van der Waals surface area contributed by atoms with E-state index in [-0.39, 0.29) is 17.2 Å². The van der Waals surface area contributed by atoms with Gasteiger partial charge in [0, 0.05) is 26.2 Å². The number of carbonyl (C=O) groups is 2. The van der Waals surface area contributed by atoms with Crippen molar-refractivity contribution in [3.63, 3.8) is 0 Å². The number of hydrogen-bond donors (Lipinski definition) is 2. The van der Waals surface area contributed by atoms with E-state index in [0.29, 0.717) is 18.7 Å². The van der Waals surface area contributed by atoms with E-state index in [0.717, 1.165) is 12.8 Å². The summed E-state index contributed by atoms with van der Waals surface area (Å²) in [7, 11) is 1.82. The van der Waals surface area contributed by atoms with Gasteiger partial charge in [-0.2, -0.15) is 0 Å². The third kappa shape index (κ3) is 2.67. The van der Waals surface area contributed by atoms with E-state index in [4.69, 9.17) is 5.73 Å². The summed E-state index contributed by atoms with van der Waals surface area (Å²) >= 11 is 0. The van der Waals surface area contributed by atoms with Gasteiger partial charge in [0.25, 0.3) is 5.91 Å². The first-order valence-corrected chi connectivity index (χ1v) is 5.70. The van der Waals surface area contributed by atoms with Crippen molar-refractivity contribution in [1.29, 1.82) is 0 Å². The van der Waals surface area contributed by atoms with Crippen LogP contribution in [0.3, 0.4) is 0 Å². The van der Waals surface area contributed by atoms with Crippen molar-refractivity contribution in [2.45, 2.75) is 19.3 Å². The van der Waals surface area contributed by atoms with Crippen LogP contribution >= 0.6 is 0 Å². The molecule has 2 rings (SSSR count). The molecule has 1 aliphatic carbocycles. The number of amides is 2. The van der Waals surface area contributed by atoms with Gasteiger partial charge < -0.3 is 15.6 Å². The van der Waals surface area contributed by atoms with Crippen LogP contribution in [0.2, 0.25) is 0 Å². The van der Waals surface area contributed by atoms with Crippen molar-refractivity contribution in [3.8, 4) is 0 Å². The molecule has 0 bridgehead atoms. The van der Waals surface area contributed by atoms with Crippen molar-refractivity contribution < 1.29 is 9.59 Å². The van der Waals surface area contributed by atoms with E-state index in [1.807, 2.05) is 19.3 Å². The lowest BCUT2D eigenvalue weighted by molar-refractivity contribution is -0.119. The molecule has 1 aromatic heterocycles. The highest BCUT2D eigenvalue weighted by Crippen LogP contribution is 2.47. The molecule has 1 saturated carbocycles. The number of nitrogens with zero attached hydrogens (tertiary/aromatic N) is 1. The zero-order chi connectivity index (χ0) is 12.5. The number of nitrogens with one attached hydrogen (secondary N) is 1. The monoisotopic (exact) mass is 235 g/mol. The summed E-state index contributed by atoms with van der Waals surface area (Å²) in [6.07, 6.45) is 4.11. The summed E-state index contributed by atoms with van der Waals surface area (Å²) in [6.45, 7) is 0.528. The number of rotatable bonds is 5. The summed E-state index contributed by atoms with van der Waals surface area (Å²) in [5.74, 6) is -0.399. The minimum absolute atomic E-state index is 0.0767. The Morgan fingerprint density at radius 2 is 2.24 bits per heavy atom. The third-order valence-electron chi connectivity index (χ3n) is 3.31. The molecule has 5 heteroatoms. The first-order valence-electron chi connectivity index (χ1n) is 5.70. The summed E-state index contributed by atoms with van der Waals surface area (Å²) in [5, 5.41) is 2.87. The minimum atomic E-state index is -0.296. The predicted molar refractivity (Wildman–Crippen MR) is 63.2 cm³/mol. The quantitative estimate of drug-likeness (QED) is 0.775. The molecule has 0 radical (unpaired) electrons. The average molecular weight is 235 g/mol. The molecule has 3 N–H and O–H groups in total. The zero-order valence-electron chi connectivity index (χ0n) is 9.90. The maximum atomic E-state index is 11.8. The van der Waals surface area contributed by atoms with Crippen LogP contribution in [0.4, 0.5) is 0 Å². The van der Waals surface area contributed by atoms with Crippen molar-refractivity contribution in [2.75, 3.05) is 6.54 Å². The van der Waals surface area contributed by atoms with Crippen LogP contribution in [-0.2, 0) is 11.8 Å². The Morgan fingerprint density at radius 3 is 2.71 bits per heavy atom. The first-order chi connectivity index (χ1) is 8.02. The molecule has 0 saturated heterocycles. The smallest absolute Gasteiger partial charge is 0.267 e. The Hall–Kier alpha value is -1.78. The number of hydrogen-bond acceptors (Lipinski definition) is 2. The van der Waals surface area contributed by atoms with Crippen LogP contribution in [-0.4, -0.2) is 22.9 Å². The van der Waals surface area contributed by atoms with Crippen LogP contribution in [0.1, 0.15) is 29.8 Å². The number of primary amides is 1. The van der Waals surface area contributed by atoms with Gasteiger partial charge in [-0.25, -0.2) is 0 Å². The molecular weight excluding hydrogens is 218 g/mol. The molecule has 2 amide bonds. The second-order valence-corrected chi connectivity index (χ2v) is 4.83. The molecule has 5 nitrogen and oxygen atoms in total. The lowest BCUT2D eigenvalue weighted by Gasteiger charge is -2.14. The molecule has 1 fully saturated rings. The van der Waals surface area contributed by atoms with Gasteiger partial charge in [-0.05, 0) is 30.4 Å². The normalized spacial score (nSPS) is 16.5. The van der Waals surface area contributed by atoms with E-state index in [2.05, 4.69) is 5.32 Å². The van der Waals surface area contributed by atoms with Crippen molar-refractivity contribution in [1.82, 2.24) is 9.88 Å². The Labute approximate surface area is 100.0 Å².